The van der Waals surface area contributed by atoms with Crippen LogP contribution >= 0.6 is 11.6 Å². The second-order valence-electron chi connectivity index (χ2n) is 7.41. The van der Waals surface area contributed by atoms with Crippen LogP contribution in [-0.2, 0) is 11.2 Å². The van der Waals surface area contributed by atoms with Gasteiger partial charge in [0.2, 0.25) is 5.91 Å². The number of aromatic nitrogens is 2. The van der Waals surface area contributed by atoms with Crippen molar-refractivity contribution in [3.63, 3.8) is 0 Å². The molecule has 0 spiro atoms. The van der Waals surface area contributed by atoms with Gasteiger partial charge in [0, 0.05) is 41.7 Å². The highest BCUT2D eigenvalue weighted by Crippen LogP contribution is 2.25. The molecular weight excluding hydrogens is 362 g/mol. The van der Waals surface area contributed by atoms with Gasteiger partial charge in [-0.2, -0.15) is 5.10 Å². The summed E-state index contributed by atoms with van der Waals surface area (Å²) < 4.78 is 0. The minimum Gasteiger partial charge on any atom is -0.342 e. The maximum absolute atomic E-state index is 12.9. The highest BCUT2D eigenvalue weighted by Gasteiger charge is 2.29. The van der Waals surface area contributed by atoms with Crippen LogP contribution in [-0.4, -0.2) is 39.9 Å². The highest BCUT2D eigenvalue weighted by atomic mass is 35.5. The van der Waals surface area contributed by atoms with Crippen molar-refractivity contribution in [3.8, 4) is 0 Å². The fourth-order valence-corrected chi connectivity index (χ4v) is 4.10. The molecule has 1 N–H and O–H groups in total. The molecule has 27 heavy (non-hydrogen) atoms. The van der Waals surface area contributed by atoms with Crippen molar-refractivity contribution in [3.05, 3.63) is 51.3 Å². The molecule has 2 heterocycles. The summed E-state index contributed by atoms with van der Waals surface area (Å²) in [5.41, 5.74) is 4.69. The number of H-pyrrole nitrogens is 1. The molecule has 0 unspecified atom stereocenters. The van der Waals surface area contributed by atoms with Crippen LogP contribution in [0, 0.1) is 26.7 Å². The third-order valence-electron chi connectivity index (χ3n) is 5.47. The molecule has 1 aromatic carbocycles. The minimum absolute atomic E-state index is 0.111. The first kappa shape index (κ1) is 19.6. The SMILES string of the molecule is Cc1cc(Cl)ccc1C(=O)[C@H]1CCCN(C(=O)CCc2c(C)n[nH]c2C)C1. The third-order valence-corrected chi connectivity index (χ3v) is 5.70. The zero-order valence-electron chi connectivity index (χ0n) is 16.1. The number of aryl methyl sites for hydroxylation is 3. The van der Waals surface area contributed by atoms with Gasteiger partial charge in [0.25, 0.3) is 0 Å². The summed E-state index contributed by atoms with van der Waals surface area (Å²) in [6.45, 7) is 7.06. The van der Waals surface area contributed by atoms with Crippen LogP contribution in [0.15, 0.2) is 18.2 Å². The molecule has 0 aliphatic carbocycles. The Kier molecular flexibility index (Phi) is 6.00. The third kappa shape index (κ3) is 4.41. The number of halogens is 1. The maximum Gasteiger partial charge on any atom is 0.222 e. The van der Waals surface area contributed by atoms with Crippen LogP contribution in [0.25, 0.3) is 0 Å². The van der Waals surface area contributed by atoms with Crippen molar-refractivity contribution in [2.75, 3.05) is 13.1 Å². The lowest BCUT2D eigenvalue weighted by molar-refractivity contribution is -0.132. The number of likely N-dealkylation sites (tertiary alicyclic amines) is 1. The molecule has 1 atom stereocenters. The molecule has 0 radical (unpaired) electrons. The van der Waals surface area contributed by atoms with Crippen molar-refractivity contribution in [1.82, 2.24) is 15.1 Å². The first-order chi connectivity index (χ1) is 12.9. The molecule has 0 saturated carbocycles. The van der Waals surface area contributed by atoms with Gasteiger partial charge >= 0.3 is 0 Å². The lowest BCUT2D eigenvalue weighted by Crippen LogP contribution is -2.42. The number of Topliss-reactive ketones (excluding diaryl/α,β-unsaturated/α-hetero) is 1. The molecule has 2 aromatic rings. The molecule has 1 saturated heterocycles. The Labute approximate surface area is 165 Å². The van der Waals surface area contributed by atoms with Crippen LogP contribution in [0.5, 0.6) is 0 Å². The maximum atomic E-state index is 12.9. The summed E-state index contributed by atoms with van der Waals surface area (Å²) in [6.07, 6.45) is 2.81. The van der Waals surface area contributed by atoms with E-state index in [1.807, 2.05) is 31.7 Å². The van der Waals surface area contributed by atoms with Gasteiger partial charge in [0.1, 0.15) is 0 Å². The molecule has 5 nitrogen and oxygen atoms in total. The van der Waals surface area contributed by atoms with Crippen LogP contribution < -0.4 is 0 Å². The predicted octanol–water partition coefficient (Wildman–Crippen LogP) is 4.04. The van der Waals surface area contributed by atoms with Gasteiger partial charge in [-0.05, 0) is 69.4 Å². The lowest BCUT2D eigenvalue weighted by atomic mass is 9.88. The number of nitrogens with zero attached hydrogens (tertiary/aromatic N) is 2. The molecule has 0 bridgehead atoms. The van der Waals surface area contributed by atoms with Gasteiger partial charge in [-0.25, -0.2) is 0 Å². The highest BCUT2D eigenvalue weighted by molar-refractivity contribution is 6.30. The number of hydrogen-bond donors (Lipinski definition) is 1. The molecule has 3 rings (SSSR count). The van der Waals surface area contributed by atoms with Gasteiger partial charge in [0.15, 0.2) is 5.78 Å². The van der Waals surface area contributed by atoms with Gasteiger partial charge in [-0.1, -0.05) is 11.6 Å². The van der Waals surface area contributed by atoms with Gasteiger partial charge in [0.05, 0.1) is 5.69 Å². The van der Waals surface area contributed by atoms with E-state index < -0.39 is 0 Å². The van der Waals surface area contributed by atoms with E-state index in [9.17, 15) is 9.59 Å². The fourth-order valence-electron chi connectivity index (χ4n) is 3.87. The quantitative estimate of drug-likeness (QED) is 0.787. The smallest absolute Gasteiger partial charge is 0.222 e. The normalized spacial score (nSPS) is 17.2. The molecule has 1 aliphatic heterocycles. The van der Waals surface area contributed by atoms with E-state index in [1.165, 1.54) is 0 Å². The Balaban J connectivity index is 1.63. The summed E-state index contributed by atoms with van der Waals surface area (Å²) in [6, 6.07) is 5.37. The van der Waals surface area contributed by atoms with Crippen LogP contribution in [0.1, 0.15) is 52.1 Å². The van der Waals surface area contributed by atoms with E-state index in [2.05, 4.69) is 10.2 Å². The molecule has 1 fully saturated rings. The largest absolute Gasteiger partial charge is 0.342 e. The number of carbonyl (C=O) groups excluding carboxylic acids is 2. The number of piperidine rings is 1. The number of rotatable bonds is 5. The number of nitrogens with one attached hydrogen (secondary N) is 1. The summed E-state index contributed by atoms with van der Waals surface area (Å²) in [7, 11) is 0. The predicted molar refractivity (Wildman–Crippen MR) is 106 cm³/mol. The molecule has 1 aromatic heterocycles. The Hall–Kier alpha value is -2.14. The lowest BCUT2D eigenvalue weighted by Gasteiger charge is -2.32. The average molecular weight is 388 g/mol. The van der Waals surface area contributed by atoms with E-state index in [-0.39, 0.29) is 17.6 Å². The first-order valence-electron chi connectivity index (χ1n) is 9.45. The average Bonchev–Trinajstić information content (AvgIpc) is 2.97. The van der Waals surface area contributed by atoms with E-state index in [1.54, 1.807) is 12.1 Å². The van der Waals surface area contributed by atoms with Crippen molar-refractivity contribution in [1.29, 1.82) is 0 Å². The molecule has 144 valence electrons. The summed E-state index contributed by atoms with van der Waals surface area (Å²) >= 11 is 6.00. The van der Waals surface area contributed by atoms with Crippen molar-refractivity contribution < 1.29 is 9.59 Å². The zero-order chi connectivity index (χ0) is 19.6. The molecular formula is C21H26ClN3O2. The Morgan fingerprint density at radius 1 is 1.30 bits per heavy atom. The number of aromatic amines is 1. The minimum atomic E-state index is -0.139. The van der Waals surface area contributed by atoms with Crippen molar-refractivity contribution in [2.45, 2.75) is 46.5 Å². The number of amides is 1. The number of ketones is 1. The molecule has 1 amide bonds. The van der Waals surface area contributed by atoms with Crippen LogP contribution in [0.2, 0.25) is 5.02 Å². The topological polar surface area (TPSA) is 66.1 Å². The van der Waals surface area contributed by atoms with Crippen molar-refractivity contribution in [2.24, 2.45) is 5.92 Å². The van der Waals surface area contributed by atoms with E-state index in [4.69, 9.17) is 11.6 Å². The van der Waals surface area contributed by atoms with Gasteiger partial charge in [-0.15, -0.1) is 0 Å². The Bertz CT molecular complexity index is 840. The van der Waals surface area contributed by atoms with Gasteiger partial charge < -0.3 is 4.90 Å². The Morgan fingerprint density at radius 2 is 2.07 bits per heavy atom. The van der Waals surface area contributed by atoms with E-state index in [0.717, 1.165) is 41.9 Å². The number of hydrogen-bond acceptors (Lipinski definition) is 3. The van der Waals surface area contributed by atoms with Gasteiger partial charge in [-0.3, -0.25) is 14.7 Å². The van der Waals surface area contributed by atoms with E-state index in [0.29, 0.717) is 30.0 Å². The first-order valence-corrected chi connectivity index (χ1v) is 9.83. The van der Waals surface area contributed by atoms with E-state index >= 15 is 0 Å². The molecule has 6 heteroatoms. The van der Waals surface area contributed by atoms with Crippen molar-refractivity contribution >= 4 is 23.3 Å². The second kappa shape index (κ2) is 8.26. The van der Waals surface area contributed by atoms with Crippen LogP contribution in [0.4, 0.5) is 0 Å². The second-order valence-corrected chi connectivity index (χ2v) is 7.85. The van der Waals surface area contributed by atoms with Crippen LogP contribution in [0.3, 0.4) is 0 Å². The Morgan fingerprint density at radius 3 is 2.74 bits per heavy atom. The summed E-state index contributed by atoms with van der Waals surface area (Å²) in [4.78, 5) is 27.5. The molecule has 1 aliphatic rings. The fraction of sp³-hybridized carbons (Fsp3) is 0.476. The zero-order valence-corrected chi connectivity index (χ0v) is 16.9. The number of benzene rings is 1. The summed E-state index contributed by atoms with van der Waals surface area (Å²) in [5, 5.41) is 7.78. The summed E-state index contributed by atoms with van der Waals surface area (Å²) in [5.74, 6) is 0.0866. The standard InChI is InChI=1S/C21H26ClN3O2/c1-13-11-17(22)6-7-18(13)21(27)16-5-4-10-25(12-16)20(26)9-8-19-14(2)23-24-15(19)3/h6-7,11,16H,4-5,8-10,12H2,1-3H3,(H,23,24)/t16-/m0/s1. The monoisotopic (exact) mass is 387 g/mol. The number of carbonyl (C=O) groups is 2.